The molecule has 1 atom stereocenters. The SMILES string of the molecule is N#Cc1c(F)cccc1NC(Cc1ccccc1)C(=O)N1CCOCC1. The van der Waals surface area contributed by atoms with Crippen LogP contribution < -0.4 is 5.32 Å². The van der Waals surface area contributed by atoms with Gasteiger partial charge in [-0.2, -0.15) is 5.26 Å². The molecule has 1 aliphatic heterocycles. The summed E-state index contributed by atoms with van der Waals surface area (Å²) >= 11 is 0. The maximum absolute atomic E-state index is 13.9. The van der Waals surface area contributed by atoms with E-state index in [0.29, 0.717) is 38.4 Å². The molecule has 1 N–H and O–H groups in total. The second-order valence-electron chi connectivity index (χ2n) is 6.10. The molecule has 0 saturated carbocycles. The van der Waals surface area contributed by atoms with Crippen LogP contribution in [-0.2, 0) is 16.0 Å². The van der Waals surface area contributed by atoms with E-state index in [4.69, 9.17) is 4.74 Å². The van der Waals surface area contributed by atoms with Crippen molar-refractivity contribution in [1.29, 1.82) is 5.26 Å². The highest BCUT2D eigenvalue weighted by atomic mass is 19.1. The topological polar surface area (TPSA) is 65.4 Å². The molecule has 1 aliphatic rings. The predicted molar refractivity (Wildman–Crippen MR) is 96.1 cm³/mol. The number of amides is 1. The summed E-state index contributed by atoms with van der Waals surface area (Å²) in [5.74, 6) is -0.680. The molecule has 1 unspecified atom stereocenters. The molecule has 0 aromatic heterocycles. The molecule has 0 radical (unpaired) electrons. The van der Waals surface area contributed by atoms with Crippen molar-refractivity contribution in [3.8, 4) is 6.07 Å². The maximum Gasteiger partial charge on any atom is 0.245 e. The van der Waals surface area contributed by atoms with Crippen LogP contribution in [0.2, 0.25) is 0 Å². The summed E-state index contributed by atoms with van der Waals surface area (Å²) in [5, 5.41) is 12.3. The quantitative estimate of drug-likeness (QED) is 0.897. The van der Waals surface area contributed by atoms with Crippen molar-refractivity contribution in [3.63, 3.8) is 0 Å². The lowest BCUT2D eigenvalue weighted by Gasteiger charge is -2.31. The molecule has 0 bridgehead atoms. The van der Waals surface area contributed by atoms with Gasteiger partial charge >= 0.3 is 0 Å². The number of rotatable bonds is 5. The zero-order chi connectivity index (χ0) is 18.4. The molecule has 6 heteroatoms. The van der Waals surface area contributed by atoms with E-state index in [1.165, 1.54) is 12.1 Å². The van der Waals surface area contributed by atoms with Gasteiger partial charge in [-0.15, -0.1) is 0 Å². The molecule has 2 aromatic carbocycles. The van der Waals surface area contributed by atoms with Crippen molar-refractivity contribution in [2.75, 3.05) is 31.6 Å². The van der Waals surface area contributed by atoms with Gasteiger partial charge in [0.25, 0.3) is 0 Å². The molecule has 1 amide bonds. The Morgan fingerprint density at radius 2 is 1.92 bits per heavy atom. The molecule has 1 heterocycles. The Kier molecular flexibility index (Phi) is 5.82. The Morgan fingerprint density at radius 1 is 1.19 bits per heavy atom. The van der Waals surface area contributed by atoms with E-state index in [1.54, 1.807) is 11.0 Å². The van der Waals surface area contributed by atoms with Crippen LogP contribution in [0.5, 0.6) is 0 Å². The van der Waals surface area contributed by atoms with Gasteiger partial charge in [0.15, 0.2) is 0 Å². The zero-order valence-corrected chi connectivity index (χ0v) is 14.3. The number of nitrogens with one attached hydrogen (secondary N) is 1. The molecule has 1 fully saturated rings. The minimum absolute atomic E-state index is 0.0784. The smallest absolute Gasteiger partial charge is 0.245 e. The van der Waals surface area contributed by atoms with Gasteiger partial charge in [0, 0.05) is 19.5 Å². The number of nitrogens with zero attached hydrogens (tertiary/aromatic N) is 2. The molecule has 2 aromatic rings. The fourth-order valence-corrected chi connectivity index (χ4v) is 3.00. The second kappa shape index (κ2) is 8.45. The normalized spacial score (nSPS) is 15.2. The fraction of sp³-hybridized carbons (Fsp3) is 0.300. The number of ether oxygens (including phenoxy) is 1. The third-order valence-electron chi connectivity index (χ3n) is 4.36. The van der Waals surface area contributed by atoms with Crippen molar-refractivity contribution < 1.29 is 13.9 Å². The minimum atomic E-state index is -0.602. The molecular formula is C20H20FN3O2. The molecule has 0 aliphatic carbocycles. The minimum Gasteiger partial charge on any atom is -0.378 e. The lowest BCUT2D eigenvalue weighted by molar-refractivity contribution is -0.136. The van der Waals surface area contributed by atoms with Gasteiger partial charge < -0.3 is 15.0 Å². The lowest BCUT2D eigenvalue weighted by atomic mass is 10.0. The molecule has 0 spiro atoms. The number of benzene rings is 2. The summed E-state index contributed by atoms with van der Waals surface area (Å²) in [6.45, 7) is 2.07. The van der Waals surface area contributed by atoms with E-state index in [0.717, 1.165) is 5.56 Å². The number of morpholine rings is 1. The van der Waals surface area contributed by atoms with Crippen LogP contribution in [0.3, 0.4) is 0 Å². The highest BCUT2D eigenvalue weighted by Crippen LogP contribution is 2.21. The molecule has 26 heavy (non-hydrogen) atoms. The number of anilines is 1. The van der Waals surface area contributed by atoms with E-state index >= 15 is 0 Å². The number of nitriles is 1. The number of carbonyl (C=O) groups is 1. The Morgan fingerprint density at radius 3 is 2.62 bits per heavy atom. The third-order valence-corrected chi connectivity index (χ3v) is 4.36. The van der Waals surface area contributed by atoms with Gasteiger partial charge in [0.1, 0.15) is 23.5 Å². The lowest BCUT2D eigenvalue weighted by Crippen LogP contribution is -2.48. The van der Waals surface area contributed by atoms with Gasteiger partial charge in [-0.05, 0) is 17.7 Å². The maximum atomic E-state index is 13.9. The third kappa shape index (κ3) is 4.19. The largest absolute Gasteiger partial charge is 0.378 e. The number of halogens is 1. The average Bonchev–Trinajstić information content (AvgIpc) is 2.68. The summed E-state index contributed by atoms with van der Waals surface area (Å²) in [5.41, 5.74) is 1.23. The van der Waals surface area contributed by atoms with E-state index < -0.39 is 11.9 Å². The summed E-state index contributed by atoms with van der Waals surface area (Å²) in [6, 6.07) is 15.3. The van der Waals surface area contributed by atoms with Crippen molar-refractivity contribution >= 4 is 11.6 Å². The van der Waals surface area contributed by atoms with Gasteiger partial charge in [-0.25, -0.2) is 4.39 Å². The van der Waals surface area contributed by atoms with E-state index in [-0.39, 0.29) is 11.5 Å². The zero-order valence-electron chi connectivity index (χ0n) is 14.3. The number of hydrogen-bond acceptors (Lipinski definition) is 4. The Hall–Kier alpha value is -2.91. The van der Waals surface area contributed by atoms with Crippen molar-refractivity contribution in [3.05, 3.63) is 65.5 Å². The highest BCUT2D eigenvalue weighted by molar-refractivity contribution is 5.85. The molecular weight excluding hydrogens is 333 g/mol. The second-order valence-corrected chi connectivity index (χ2v) is 6.10. The fourth-order valence-electron chi connectivity index (χ4n) is 3.00. The van der Waals surface area contributed by atoms with Crippen LogP contribution in [0, 0.1) is 17.1 Å². The summed E-state index contributed by atoms with van der Waals surface area (Å²) < 4.78 is 19.2. The van der Waals surface area contributed by atoms with Gasteiger partial charge in [-0.1, -0.05) is 36.4 Å². The highest BCUT2D eigenvalue weighted by Gasteiger charge is 2.27. The number of carbonyl (C=O) groups excluding carboxylic acids is 1. The summed E-state index contributed by atoms with van der Waals surface area (Å²) in [7, 11) is 0. The summed E-state index contributed by atoms with van der Waals surface area (Å²) in [6.07, 6.45) is 0.443. The summed E-state index contributed by atoms with van der Waals surface area (Å²) in [4.78, 5) is 14.8. The van der Waals surface area contributed by atoms with Gasteiger partial charge in [0.2, 0.25) is 5.91 Å². The molecule has 1 saturated heterocycles. The van der Waals surface area contributed by atoms with Crippen LogP contribution >= 0.6 is 0 Å². The molecule has 3 rings (SSSR count). The van der Waals surface area contributed by atoms with Crippen molar-refractivity contribution in [2.45, 2.75) is 12.5 Å². The van der Waals surface area contributed by atoms with Crippen LogP contribution in [-0.4, -0.2) is 43.2 Å². The van der Waals surface area contributed by atoms with E-state index in [1.807, 2.05) is 36.4 Å². The first-order chi connectivity index (χ1) is 12.7. The predicted octanol–water partition coefficient (Wildman–Crippen LogP) is 2.58. The first-order valence-corrected chi connectivity index (χ1v) is 8.54. The van der Waals surface area contributed by atoms with Crippen LogP contribution in [0.25, 0.3) is 0 Å². The standard InChI is InChI=1S/C20H20FN3O2/c21-17-7-4-8-18(16(17)14-22)23-19(13-15-5-2-1-3-6-15)20(25)24-9-11-26-12-10-24/h1-8,19,23H,9-13H2. The molecule has 134 valence electrons. The Labute approximate surface area is 152 Å². The van der Waals surface area contributed by atoms with Crippen molar-refractivity contribution in [2.24, 2.45) is 0 Å². The van der Waals surface area contributed by atoms with E-state index in [9.17, 15) is 14.4 Å². The first-order valence-electron chi connectivity index (χ1n) is 8.54. The van der Waals surface area contributed by atoms with E-state index in [2.05, 4.69) is 5.32 Å². The van der Waals surface area contributed by atoms with Crippen LogP contribution in [0.4, 0.5) is 10.1 Å². The molecule has 5 nitrogen and oxygen atoms in total. The Balaban J connectivity index is 1.86. The first kappa shape index (κ1) is 17.9. The van der Waals surface area contributed by atoms with Gasteiger partial charge in [-0.3, -0.25) is 4.79 Å². The average molecular weight is 353 g/mol. The number of hydrogen-bond donors (Lipinski definition) is 1. The van der Waals surface area contributed by atoms with Crippen LogP contribution in [0.15, 0.2) is 48.5 Å². The van der Waals surface area contributed by atoms with Gasteiger partial charge in [0.05, 0.1) is 18.9 Å². The Bertz CT molecular complexity index is 798. The van der Waals surface area contributed by atoms with Crippen molar-refractivity contribution in [1.82, 2.24) is 4.90 Å². The monoisotopic (exact) mass is 353 g/mol. The van der Waals surface area contributed by atoms with Crippen LogP contribution in [0.1, 0.15) is 11.1 Å².